The highest BCUT2D eigenvalue weighted by Gasteiger charge is 2.40. The molecule has 86 heavy (non-hydrogen) atoms. The molecule has 5 N–H and O–H groups in total. The molecule has 0 fully saturated rings. The van der Waals surface area contributed by atoms with Crippen molar-refractivity contribution in [3.8, 4) is 11.3 Å². The Morgan fingerprint density at radius 2 is 1.33 bits per heavy atom. The van der Waals surface area contributed by atoms with Crippen molar-refractivity contribution in [2.24, 2.45) is 17.1 Å². The standard InChI is InChI=1S/C62H83F2N9O13/c1-41(2)54(69-51(75)25-30-82-32-34-84-36-37-85-35-33-83-31-27-66-50(74)24-29-71-52(76)22-23-53(71)77)59(80)73(42(3)56(65)78)46-19-16-44(17-20-46)58(79)72(28-13-26-67-60(81)86-62(7,8)9)55(61(4,5)6)57-68-49(47-38-45(63)18-21-48(47)64)40-70(57)39-43-14-11-10-12-15-43/h10-12,14-23,38,40-42,54-55H,13,24-37,39H2,1-9H3,(H2,65,78)(H,66,74)(H,67,81)(H,69,75)/t42-,54-,55-/m0/s1. The number of amides is 8. The van der Waals surface area contributed by atoms with Crippen LogP contribution in [0.15, 0.2) is 91.1 Å². The quantitative estimate of drug-likeness (QED) is 0.0297. The Balaban J connectivity index is 1.21. The number of carbonyl (C=O) groups excluding carboxylic acids is 8. The zero-order valence-electron chi connectivity index (χ0n) is 50.7. The molecular formula is C62H83F2N9O13. The fourth-order valence-corrected chi connectivity index (χ4v) is 9.13. The molecule has 468 valence electrons. The van der Waals surface area contributed by atoms with Crippen LogP contribution in [0.3, 0.4) is 0 Å². The number of hydrogen-bond acceptors (Lipinski definition) is 14. The van der Waals surface area contributed by atoms with Crippen LogP contribution in [0.1, 0.15) is 109 Å². The molecule has 2 heterocycles. The monoisotopic (exact) mass is 1200 g/mol. The largest absolute Gasteiger partial charge is 0.444 e. The number of halogens is 2. The van der Waals surface area contributed by atoms with Crippen molar-refractivity contribution in [1.82, 2.24) is 35.3 Å². The first-order valence-electron chi connectivity index (χ1n) is 28.7. The predicted octanol–water partition coefficient (Wildman–Crippen LogP) is 6.26. The van der Waals surface area contributed by atoms with Crippen LogP contribution in [0.5, 0.6) is 0 Å². The maximum atomic E-state index is 15.5. The summed E-state index contributed by atoms with van der Waals surface area (Å²) in [5.74, 6) is -5.03. The lowest BCUT2D eigenvalue weighted by molar-refractivity contribution is -0.137. The number of anilines is 1. The summed E-state index contributed by atoms with van der Waals surface area (Å²) in [7, 11) is 0. The SMILES string of the molecule is CC(C)[C@H](NC(=O)CCOCCOCCOCCOCCNC(=O)CCN1C(=O)C=CC1=O)C(=O)N(c1ccc(C(=O)N(CCCNC(=O)OC(C)(C)C)[C@@H](c2nc(-c3cc(F)ccc3F)cn2Cc2ccccc2)C(C)(C)C)cc1)[C@@H](C)C(N)=O. The van der Waals surface area contributed by atoms with Crippen molar-refractivity contribution in [2.45, 2.75) is 112 Å². The molecule has 3 aromatic carbocycles. The molecule has 8 amide bonds. The van der Waals surface area contributed by atoms with Crippen LogP contribution in [-0.2, 0) is 59.0 Å². The number of primary amides is 1. The van der Waals surface area contributed by atoms with Gasteiger partial charge in [-0.3, -0.25) is 43.4 Å². The molecule has 0 radical (unpaired) electrons. The lowest BCUT2D eigenvalue weighted by Gasteiger charge is -2.40. The number of nitrogens with one attached hydrogen (secondary N) is 3. The first-order valence-corrected chi connectivity index (χ1v) is 28.7. The van der Waals surface area contributed by atoms with Crippen LogP contribution in [0.2, 0.25) is 0 Å². The molecule has 0 aliphatic carbocycles. The van der Waals surface area contributed by atoms with Crippen LogP contribution in [0, 0.1) is 23.0 Å². The van der Waals surface area contributed by atoms with Gasteiger partial charge in [-0.1, -0.05) is 65.0 Å². The molecule has 24 heteroatoms. The van der Waals surface area contributed by atoms with Crippen molar-refractivity contribution in [1.29, 1.82) is 0 Å². The van der Waals surface area contributed by atoms with E-state index in [0.717, 1.165) is 28.7 Å². The third kappa shape index (κ3) is 21.5. The van der Waals surface area contributed by atoms with Crippen molar-refractivity contribution in [3.63, 3.8) is 0 Å². The molecule has 1 aromatic heterocycles. The number of nitrogens with two attached hydrogens (primary N) is 1. The Bertz CT molecular complexity index is 2940. The zero-order chi connectivity index (χ0) is 63.1. The molecule has 1 aliphatic rings. The van der Waals surface area contributed by atoms with E-state index in [1.165, 1.54) is 48.2 Å². The summed E-state index contributed by atoms with van der Waals surface area (Å²) < 4.78 is 59.6. The smallest absolute Gasteiger partial charge is 0.407 e. The highest BCUT2D eigenvalue weighted by molar-refractivity contribution is 6.13. The van der Waals surface area contributed by atoms with E-state index in [2.05, 4.69) is 16.0 Å². The van der Waals surface area contributed by atoms with Crippen molar-refractivity contribution in [3.05, 3.63) is 120 Å². The van der Waals surface area contributed by atoms with Gasteiger partial charge in [0.25, 0.3) is 23.6 Å². The van der Waals surface area contributed by atoms with Gasteiger partial charge in [-0.2, -0.15) is 0 Å². The van der Waals surface area contributed by atoms with Crippen LogP contribution in [0.4, 0.5) is 19.3 Å². The van der Waals surface area contributed by atoms with E-state index in [1.807, 2.05) is 55.7 Å². The number of carbonyl (C=O) groups is 8. The second-order valence-corrected chi connectivity index (χ2v) is 22.9. The van der Waals surface area contributed by atoms with Gasteiger partial charge in [-0.25, -0.2) is 18.6 Å². The Morgan fingerprint density at radius 3 is 1.91 bits per heavy atom. The number of ether oxygens (including phenoxy) is 5. The highest BCUT2D eigenvalue weighted by atomic mass is 19.1. The Morgan fingerprint density at radius 1 is 0.721 bits per heavy atom. The highest BCUT2D eigenvalue weighted by Crippen LogP contribution is 2.40. The maximum Gasteiger partial charge on any atom is 0.407 e. The Kier molecular flexibility index (Phi) is 26.5. The van der Waals surface area contributed by atoms with E-state index in [0.29, 0.717) is 12.4 Å². The summed E-state index contributed by atoms with van der Waals surface area (Å²) in [4.78, 5) is 113. The van der Waals surface area contributed by atoms with Gasteiger partial charge in [0.05, 0.1) is 64.6 Å². The molecular weight excluding hydrogens is 1120 g/mol. The lowest BCUT2D eigenvalue weighted by Crippen LogP contribution is -2.56. The molecule has 22 nitrogen and oxygen atoms in total. The molecule has 5 rings (SSSR count). The summed E-state index contributed by atoms with van der Waals surface area (Å²) in [6, 6.07) is 15.5. The van der Waals surface area contributed by atoms with Gasteiger partial charge < -0.3 is 54.8 Å². The molecule has 0 saturated carbocycles. The van der Waals surface area contributed by atoms with Crippen LogP contribution in [-0.4, -0.2) is 164 Å². The van der Waals surface area contributed by atoms with Gasteiger partial charge in [0.1, 0.15) is 35.1 Å². The fraction of sp³-hybridized carbons (Fsp3) is 0.500. The van der Waals surface area contributed by atoms with Crippen molar-refractivity contribution >= 4 is 53.1 Å². The van der Waals surface area contributed by atoms with E-state index in [-0.39, 0.29) is 127 Å². The van der Waals surface area contributed by atoms with Gasteiger partial charge >= 0.3 is 6.09 Å². The van der Waals surface area contributed by atoms with E-state index in [9.17, 15) is 38.0 Å². The zero-order valence-corrected chi connectivity index (χ0v) is 50.7. The van der Waals surface area contributed by atoms with E-state index in [4.69, 9.17) is 34.4 Å². The number of nitrogens with zero attached hydrogens (tertiary/aromatic N) is 5. The van der Waals surface area contributed by atoms with Gasteiger partial charge in [-0.05, 0) is 93.5 Å². The van der Waals surface area contributed by atoms with E-state index < -0.39 is 88.2 Å². The van der Waals surface area contributed by atoms with Crippen molar-refractivity contribution < 1.29 is 70.8 Å². The van der Waals surface area contributed by atoms with Gasteiger partial charge in [-0.15, -0.1) is 0 Å². The van der Waals surface area contributed by atoms with Crippen molar-refractivity contribution in [2.75, 3.05) is 83.9 Å². The fourth-order valence-electron chi connectivity index (χ4n) is 9.13. The molecule has 3 atom stereocenters. The average molecular weight is 1200 g/mol. The van der Waals surface area contributed by atoms with Gasteiger partial charge in [0, 0.05) is 80.7 Å². The second kappa shape index (κ2) is 33.1. The van der Waals surface area contributed by atoms with E-state index >= 15 is 9.18 Å². The maximum absolute atomic E-state index is 15.5. The number of rotatable bonds is 34. The first kappa shape index (κ1) is 68.8. The van der Waals surface area contributed by atoms with Crippen LogP contribution >= 0.6 is 0 Å². The number of hydrogen-bond donors (Lipinski definition) is 4. The summed E-state index contributed by atoms with van der Waals surface area (Å²) >= 11 is 0. The molecule has 0 unspecified atom stereocenters. The topological polar surface area (TPSA) is 272 Å². The minimum absolute atomic E-state index is 0.00433. The van der Waals surface area contributed by atoms with Crippen LogP contribution < -0.4 is 26.6 Å². The number of imide groups is 1. The number of aromatic nitrogens is 2. The predicted molar refractivity (Wildman–Crippen MR) is 316 cm³/mol. The van der Waals surface area contributed by atoms with Gasteiger partial charge in [0.15, 0.2) is 0 Å². The molecule has 4 aromatic rings. The first-order chi connectivity index (χ1) is 40.7. The summed E-state index contributed by atoms with van der Waals surface area (Å²) in [6.45, 7) is 18.5. The van der Waals surface area contributed by atoms with E-state index in [1.54, 1.807) is 45.7 Å². The minimum atomic E-state index is -1.20. The minimum Gasteiger partial charge on any atom is -0.444 e. The summed E-state index contributed by atoms with van der Waals surface area (Å²) in [5, 5.41) is 8.21. The Labute approximate surface area is 501 Å². The Hall–Kier alpha value is -7.93. The number of alkyl carbamates (subject to hydrolysis) is 1. The third-order valence-electron chi connectivity index (χ3n) is 13.4. The molecule has 0 bridgehead atoms. The number of benzene rings is 3. The second-order valence-electron chi connectivity index (χ2n) is 22.9. The summed E-state index contributed by atoms with van der Waals surface area (Å²) in [6.07, 6.45) is 3.48. The molecule has 1 aliphatic heterocycles. The molecule has 0 saturated heterocycles. The third-order valence-corrected chi connectivity index (χ3v) is 13.4. The molecule has 0 spiro atoms. The van der Waals surface area contributed by atoms with Crippen LogP contribution in [0.25, 0.3) is 11.3 Å². The normalized spacial score (nSPS) is 13.6. The summed E-state index contributed by atoms with van der Waals surface area (Å²) in [5.41, 5.74) is 5.65. The number of imidazole rings is 1. The van der Waals surface area contributed by atoms with Gasteiger partial charge in [0.2, 0.25) is 17.7 Å². The average Bonchev–Trinajstić information content (AvgIpc) is 1.94. The lowest BCUT2D eigenvalue weighted by atomic mass is 9.84.